The van der Waals surface area contributed by atoms with Gasteiger partial charge in [-0.15, -0.1) is 0 Å². The van der Waals surface area contributed by atoms with Gasteiger partial charge in [-0.1, -0.05) is 18.2 Å². The molecule has 3 aromatic rings. The van der Waals surface area contributed by atoms with Crippen molar-refractivity contribution in [3.63, 3.8) is 0 Å². The molecule has 0 atom stereocenters. The molecule has 134 valence electrons. The van der Waals surface area contributed by atoms with Gasteiger partial charge in [0.1, 0.15) is 28.6 Å². The molecular formula is C20H16N4O3. The molecule has 0 aliphatic carbocycles. The van der Waals surface area contributed by atoms with Crippen LogP contribution in [0.1, 0.15) is 16.7 Å². The highest BCUT2D eigenvalue weighted by Gasteiger charge is 2.17. The van der Waals surface area contributed by atoms with Crippen molar-refractivity contribution >= 4 is 17.6 Å². The van der Waals surface area contributed by atoms with E-state index in [1.54, 1.807) is 36.5 Å². The van der Waals surface area contributed by atoms with E-state index in [9.17, 15) is 9.59 Å². The van der Waals surface area contributed by atoms with Crippen LogP contribution in [-0.4, -0.2) is 15.3 Å². The predicted molar refractivity (Wildman–Crippen MR) is 100 cm³/mol. The Balaban J connectivity index is 2.28. The third-order valence-electron chi connectivity index (χ3n) is 4.17. The smallest absolute Gasteiger partial charge is 0.269 e. The molecule has 0 aliphatic rings. The average Bonchev–Trinajstić information content (AvgIpc) is 2.65. The second kappa shape index (κ2) is 7.14. The maximum atomic E-state index is 12.9. The first kappa shape index (κ1) is 17.9. The summed E-state index contributed by atoms with van der Waals surface area (Å²) in [5, 5.41) is 9.13. The Morgan fingerprint density at radius 1 is 1.26 bits per heavy atom. The molecule has 7 heteroatoms. The molecule has 2 aromatic heterocycles. The number of fused-ring (bicyclic) bond motifs is 1. The quantitative estimate of drug-likeness (QED) is 0.568. The van der Waals surface area contributed by atoms with Crippen molar-refractivity contribution in [2.24, 2.45) is 5.73 Å². The average molecular weight is 360 g/mol. The van der Waals surface area contributed by atoms with Crippen LogP contribution in [0.3, 0.4) is 0 Å². The number of pyridine rings is 1. The van der Waals surface area contributed by atoms with Gasteiger partial charge in [0.2, 0.25) is 5.88 Å². The van der Waals surface area contributed by atoms with Crippen LogP contribution in [0, 0.1) is 25.2 Å². The molecule has 2 heterocycles. The van der Waals surface area contributed by atoms with E-state index in [-0.39, 0.29) is 17.0 Å². The van der Waals surface area contributed by atoms with Crippen LogP contribution >= 0.6 is 0 Å². The second-order valence-corrected chi connectivity index (χ2v) is 5.90. The third-order valence-corrected chi connectivity index (χ3v) is 4.17. The Bertz CT molecular complexity index is 1190. The molecule has 0 fully saturated rings. The second-order valence-electron chi connectivity index (χ2n) is 5.90. The number of primary amides is 1. The van der Waals surface area contributed by atoms with Crippen LogP contribution in [0.5, 0.6) is 11.6 Å². The molecule has 0 unspecified atom stereocenters. The summed E-state index contributed by atoms with van der Waals surface area (Å²) in [5.74, 6) is -0.420. The molecule has 0 aliphatic heterocycles. The Kier molecular flexibility index (Phi) is 4.73. The van der Waals surface area contributed by atoms with E-state index in [2.05, 4.69) is 4.98 Å². The molecular weight excluding hydrogens is 344 g/mol. The number of amides is 1. The van der Waals surface area contributed by atoms with Crippen molar-refractivity contribution in [3.8, 4) is 17.7 Å². The van der Waals surface area contributed by atoms with Gasteiger partial charge < -0.3 is 10.5 Å². The molecule has 0 saturated carbocycles. The number of ether oxygens (including phenoxy) is 1. The van der Waals surface area contributed by atoms with E-state index in [0.29, 0.717) is 11.4 Å². The molecule has 0 saturated heterocycles. The standard InChI is InChI=1S/C20H16N4O3/c1-12-6-5-7-16(13(12)2)27-19-15(10-14(11-21)18(22)25)20(26)24-9-4-3-8-17(24)23-19/h3-10H,1-2H3,(H2,22,25). The molecule has 7 nitrogen and oxygen atoms in total. The van der Waals surface area contributed by atoms with E-state index in [1.165, 1.54) is 4.40 Å². The SMILES string of the molecule is Cc1cccc(Oc2nc3ccccn3c(=O)c2C=C(C#N)C(N)=O)c1C. The van der Waals surface area contributed by atoms with Crippen molar-refractivity contribution in [3.05, 3.63) is 75.2 Å². The molecule has 0 radical (unpaired) electrons. The van der Waals surface area contributed by atoms with Crippen molar-refractivity contribution < 1.29 is 9.53 Å². The Morgan fingerprint density at radius 2 is 2.04 bits per heavy atom. The normalized spacial score (nSPS) is 11.2. The molecule has 0 bridgehead atoms. The fraction of sp³-hybridized carbons (Fsp3) is 0.100. The number of benzene rings is 1. The van der Waals surface area contributed by atoms with Crippen LogP contribution in [-0.2, 0) is 4.79 Å². The molecule has 1 amide bonds. The summed E-state index contributed by atoms with van der Waals surface area (Å²) in [6, 6.07) is 12.3. The third kappa shape index (κ3) is 3.41. The van der Waals surface area contributed by atoms with Gasteiger partial charge in [0.15, 0.2) is 0 Å². The molecule has 27 heavy (non-hydrogen) atoms. The maximum Gasteiger partial charge on any atom is 0.269 e. The Hall–Kier alpha value is -3.92. The summed E-state index contributed by atoms with van der Waals surface area (Å²) < 4.78 is 7.21. The number of aromatic nitrogens is 2. The largest absolute Gasteiger partial charge is 0.438 e. The fourth-order valence-corrected chi connectivity index (χ4v) is 2.53. The number of nitrogens with two attached hydrogens (primary N) is 1. The van der Waals surface area contributed by atoms with Gasteiger partial charge in [-0.3, -0.25) is 14.0 Å². The van der Waals surface area contributed by atoms with E-state index in [0.717, 1.165) is 17.2 Å². The summed E-state index contributed by atoms with van der Waals surface area (Å²) >= 11 is 0. The number of nitrogens with zero attached hydrogens (tertiary/aromatic N) is 3. The fourth-order valence-electron chi connectivity index (χ4n) is 2.53. The summed E-state index contributed by atoms with van der Waals surface area (Å²) in [6.07, 6.45) is 2.65. The lowest BCUT2D eigenvalue weighted by molar-refractivity contribution is -0.114. The zero-order valence-corrected chi connectivity index (χ0v) is 14.8. The monoisotopic (exact) mass is 360 g/mol. The van der Waals surface area contributed by atoms with E-state index >= 15 is 0 Å². The first-order valence-electron chi connectivity index (χ1n) is 8.09. The Morgan fingerprint density at radius 3 is 2.74 bits per heavy atom. The topological polar surface area (TPSA) is 110 Å². The highest BCUT2D eigenvalue weighted by Crippen LogP contribution is 2.28. The summed E-state index contributed by atoms with van der Waals surface area (Å²) in [6.45, 7) is 3.82. The number of hydrogen-bond acceptors (Lipinski definition) is 5. The van der Waals surface area contributed by atoms with E-state index < -0.39 is 11.5 Å². The highest BCUT2D eigenvalue weighted by atomic mass is 16.5. The van der Waals surface area contributed by atoms with Gasteiger partial charge in [-0.2, -0.15) is 10.2 Å². The first-order valence-corrected chi connectivity index (χ1v) is 8.09. The van der Waals surface area contributed by atoms with Crippen LogP contribution in [0.4, 0.5) is 0 Å². The van der Waals surface area contributed by atoms with Gasteiger partial charge in [-0.25, -0.2) is 0 Å². The van der Waals surface area contributed by atoms with Gasteiger partial charge in [0.25, 0.3) is 11.5 Å². The molecule has 0 spiro atoms. The lowest BCUT2D eigenvalue weighted by Gasteiger charge is -2.12. The predicted octanol–water partition coefficient (Wildman–Crippen LogP) is 2.50. The number of aryl methyl sites for hydroxylation is 1. The Labute approximate surface area is 155 Å². The van der Waals surface area contributed by atoms with Crippen molar-refractivity contribution in [1.29, 1.82) is 5.26 Å². The number of carbonyl (C=O) groups is 1. The summed E-state index contributed by atoms with van der Waals surface area (Å²) in [4.78, 5) is 28.7. The van der Waals surface area contributed by atoms with Crippen LogP contribution < -0.4 is 16.0 Å². The molecule has 2 N–H and O–H groups in total. The zero-order valence-electron chi connectivity index (χ0n) is 14.8. The van der Waals surface area contributed by atoms with Gasteiger partial charge in [-0.05, 0) is 49.2 Å². The van der Waals surface area contributed by atoms with Crippen molar-refractivity contribution in [1.82, 2.24) is 9.38 Å². The van der Waals surface area contributed by atoms with E-state index in [1.807, 2.05) is 26.0 Å². The van der Waals surface area contributed by atoms with Gasteiger partial charge >= 0.3 is 0 Å². The zero-order chi connectivity index (χ0) is 19.6. The number of hydrogen-bond donors (Lipinski definition) is 1. The minimum absolute atomic E-state index is 0.00565. The lowest BCUT2D eigenvalue weighted by Crippen LogP contribution is -2.20. The summed E-state index contributed by atoms with van der Waals surface area (Å²) in [7, 11) is 0. The van der Waals surface area contributed by atoms with Crippen LogP contribution in [0.25, 0.3) is 11.7 Å². The van der Waals surface area contributed by atoms with Crippen LogP contribution in [0.2, 0.25) is 0 Å². The number of rotatable bonds is 4. The molecule has 3 rings (SSSR count). The lowest BCUT2D eigenvalue weighted by atomic mass is 10.1. The minimum Gasteiger partial charge on any atom is -0.438 e. The number of carbonyl (C=O) groups excluding carboxylic acids is 1. The van der Waals surface area contributed by atoms with Gasteiger partial charge in [0.05, 0.1) is 0 Å². The first-order chi connectivity index (χ1) is 12.9. The van der Waals surface area contributed by atoms with E-state index in [4.69, 9.17) is 15.7 Å². The summed E-state index contributed by atoms with van der Waals surface area (Å²) in [5.41, 5.74) is 6.60. The maximum absolute atomic E-state index is 12.9. The highest BCUT2D eigenvalue weighted by molar-refractivity contribution is 6.00. The minimum atomic E-state index is -0.937. The van der Waals surface area contributed by atoms with Crippen molar-refractivity contribution in [2.75, 3.05) is 0 Å². The van der Waals surface area contributed by atoms with Gasteiger partial charge in [0, 0.05) is 6.20 Å². The number of nitriles is 1. The van der Waals surface area contributed by atoms with Crippen molar-refractivity contribution in [2.45, 2.75) is 13.8 Å². The molecule has 1 aromatic carbocycles. The van der Waals surface area contributed by atoms with Crippen LogP contribution in [0.15, 0.2) is 53.0 Å².